The van der Waals surface area contributed by atoms with Gasteiger partial charge >= 0.3 is 5.97 Å². The minimum Gasteiger partial charge on any atom is -0.478 e. The zero-order valence-corrected chi connectivity index (χ0v) is 8.42. The molecule has 2 N–H and O–H groups in total. The van der Waals surface area contributed by atoms with Crippen LogP contribution in [0.4, 0.5) is 0 Å². The first kappa shape index (κ1) is 10.2. The maximum atomic E-state index is 10.3. The lowest BCUT2D eigenvalue weighted by Gasteiger charge is -1.92. The van der Waals surface area contributed by atoms with Crippen molar-refractivity contribution in [3.05, 3.63) is 48.2 Å². The van der Waals surface area contributed by atoms with Crippen molar-refractivity contribution in [1.82, 2.24) is 10.2 Å². The van der Waals surface area contributed by atoms with E-state index < -0.39 is 5.97 Å². The predicted octanol–water partition coefficient (Wildman–Crippen LogP) is 2.17. The Kier molecular flexibility index (Phi) is 2.82. The third kappa shape index (κ3) is 2.36. The summed E-state index contributed by atoms with van der Waals surface area (Å²) in [6.07, 6.45) is 2.55. The number of H-pyrrole nitrogens is 1. The largest absolute Gasteiger partial charge is 0.478 e. The number of nitrogens with one attached hydrogen (secondary N) is 1. The van der Waals surface area contributed by atoms with Crippen LogP contribution >= 0.6 is 0 Å². The summed E-state index contributed by atoms with van der Waals surface area (Å²) in [5.41, 5.74) is 2.46. The predicted molar refractivity (Wildman–Crippen MR) is 60.7 cm³/mol. The second-order valence-corrected chi connectivity index (χ2v) is 3.25. The lowest BCUT2D eigenvalue weighted by molar-refractivity contribution is -0.131. The number of aliphatic carboxylic acids is 1. The molecule has 1 aromatic carbocycles. The number of nitrogens with zero attached hydrogens (tertiary/aromatic N) is 1. The van der Waals surface area contributed by atoms with Crippen molar-refractivity contribution in [1.29, 1.82) is 0 Å². The quantitative estimate of drug-likeness (QED) is 0.769. The maximum Gasteiger partial charge on any atom is 0.328 e. The summed E-state index contributed by atoms with van der Waals surface area (Å²) in [4.78, 5) is 10.3. The van der Waals surface area contributed by atoms with E-state index in [-0.39, 0.29) is 0 Å². The smallest absolute Gasteiger partial charge is 0.328 e. The fourth-order valence-corrected chi connectivity index (χ4v) is 1.34. The van der Waals surface area contributed by atoms with Crippen molar-refractivity contribution in [3.8, 4) is 11.3 Å². The molecule has 0 bridgehead atoms. The molecule has 0 aliphatic carbocycles. The van der Waals surface area contributed by atoms with Crippen molar-refractivity contribution in [2.75, 3.05) is 0 Å². The van der Waals surface area contributed by atoms with Crippen LogP contribution in [0.3, 0.4) is 0 Å². The van der Waals surface area contributed by atoms with Gasteiger partial charge in [0.05, 0.1) is 11.4 Å². The highest BCUT2D eigenvalue weighted by atomic mass is 16.4. The number of aromatic amines is 1. The van der Waals surface area contributed by atoms with Gasteiger partial charge in [-0.1, -0.05) is 30.3 Å². The molecular weight excluding hydrogens is 204 g/mol. The van der Waals surface area contributed by atoms with E-state index in [1.807, 2.05) is 30.3 Å². The maximum absolute atomic E-state index is 10.3. The molecule has 0 spiro atoms. The van der Waals surface area contributed by atoms with Crippen LogP contribution in [0, 0.1) is 0 Å². The van der Waals surface area contributed by atoms with Crippen molar-refractivity contribution in [2.45, 2.75) is 0 Å². The van der Waals surface area contributed by atoms with Gasteiger partial charge in [0, 0.05) is 11.6 Å². The number of benzene rings is 1. The van der Waals surface area contributed by atoms with E-state index in [0.717, 1.165) is 17.3 Å². The molecule has 0 unspecified atom stereocenters. The molecule has 16 heavy (non-hydrogen) atoms. The molecule has 0 saturated heterocycles. The van der Waals surface area contributed by atoms with Gasteiger partial charge in [-0.2, -0.15) is 5.10 Å². The summed E-state index contributed by atoms with van der Waals surface area (Å²) >= 11 is 0. The van der Waals surface area contributed by atoms with Crippen LogP contribution in [0.25, 0.3) is 17.3 Å². The Morgan fingerprint density at radius 2 is 2.06 bits per heavy atom. The standard InChI is InChI=1S/C12H10N2O2/c15-12(16)7-6-10-8-11(14-13-10)9-4-2-1-3-5-9/h1-8H,(H,13,14)(H,15,16)/b7-6+. The Hall–Kier alpha value is -2.36. The normalized spacial score (nSPS) is 10.8. The Morgan fingerprint density at radius 3 is 2.75 bits per heavy atom. The van der Waals surface area contributed by atoms with E-state index in [4.69, 9.17) is 5.11 Å². The molecule has 2 aromatic rings. The number of carboxylic acids is 1. The molecule has 2 rings (SSSR count). The minimum atomic E-state index is -0.976. The third-order valence-electron chi connectivity index (χ3n) is 2.07. The van der Waals surface area contributed by atoms with Gasteiger partial charge in [-0.25, -0.2) is 4.79 Å². The molecule has 0 amide bonds. The SMILES string of the molecule is O=C(O)/C=C/c1cc(-c2ccccc2)n[nH]1. The first-order chi connectivity index (χ1) is 7.75. The number of carbonyl (C=O) groups is 1. The van der Waals surface area contributed by atoms with Crippen LogP contribution in [0.15, 0.2) is 42.5 Å². The lowest BCUT2D eigenvalue weighted by Crippen LogP contribution is -1.85. The fraction of sp³-hybridized carbons (Fsp3) is 0. The van der Waals surface area contributed by atoms with Gasteiger partial charge in [0.25, 0.3) is 0 Å². The van der Waals surface area contributed by atoms with Crippen LogP contribution in [-0.2, 0) is 4.79 Å². The van der Waals surface area contributed by atoms with Crippen molar-refractivity contribution >= 4 is 12.0 Å². The van der Waals surface area contributed by atoms with Crippen LogP contribution in [0.1, 0.15) is 5.69 Å². The molecule has 4 nitrogen and oxygen atoms in total. The van der Waals surface area contributed by atoms with Gasteiger partial charge < -0.3 is 5.11 Å². The number of hydrogen-bond donors (Lipinski definition) is 2. The first-order valence-corrected chi connectivity index (χ1v) is 4.77. The fourth-order valence-electron chi connectivity index (χ4n) is 1.34. The highest BCUT2D eigenvalue weighted by Gasteiger charge is 2.01. The molecule has 1 aromatic heterocycles. The van der Waals surface area contributed by atoms with Crippen molar-refractivity contribution in [2.24, 2.45) is 0 Å². The summed E-state index contributed by atoms with van der Waals surface area (Å²) in [5.74, 6) is -0.976. The highest BCUT2D eigenvalue weighted by Crippen LogP contribution is 2.17. The first-order valence-electron chi connectivity index (χ1n) is 4.77. The second kappa shape index (κ2) is 4.44. The summed E-state index contributed by atoms with van der Waals surface area (Å²) in [6, 6.07) is 11.5. The molecular formula is C12H10N2O2. The van der Waals surface area contributed by atoms with Crippen LogP contribution in [0.2, 0.25) is 0 Å². The highest BCUT2D eigenvalue weighted by molar-refractivity contribution is 5.85. The van der Waals surface area contributed by atoms with Crippen LogP contribution in [0.5, 0.6) is 0 Å². The van der Waals surface area contributed by atoms with E-state index in [2.05, 4.69) is 10.2 Å². The summed E-state index contributed by atoms with van der Waals surface area (Å²) in [5, 5.41) is 15.3. The molecule has 0 fully saturated rings. The van der Waals surface area contributed by atoms with Crippen LogP contribution in [-0.4, -0.2) is 21.3 Å². The Balaban J connectivity index is 2.23. The Morgan fingerprint density at radius 1 is 1.31 bits per heavy atom. The van der Waals surface area contributed by atoms with E-state index in [0.29, 0.717) is 5.69 Å². The minimum absolute atomic E-state index is 0.668. The molecule has 0 aliphatic rings. The molecule has 1 heterocycles. The Bertz CT molecular complexity index is 515. The average molecular weight is 214 g/mol. The van der Waals surface area contributed by atoms with Gasteiger partial charge in [0.1, 0.15) is 0 Å². The molecule has 80 valence electrons. The van der Waals surface area contributed by atoms with Gasteiger partial charge in [-0.15, -0.1) is 0 Å². The van der Waals surface area contributed by atoms with Crippen LogP contribution < -0.4 is 0 Å². The summed E-state index contributed by atoms with van der Waals surface area (Å²) in [7, 11) is 0. The van der Waals surface area contributed by atoms with Gasteiger partial charge in [-0.3, -0.25) is 5.10 Å². The zero-order valence-electron chi connectivity index (χ0n) is 8.42. The zero-order chi connectivity index (χ0) is 11.4. The molecule has 4 heteroatoms. The lowest BCUT2D eigenvalue weighted by atomic mass is 10.1. The summed E-state index contributed by atoms with van der Waals surface area (Å²) in [6.45, 7) is 0. The number of carboxylic acid groups (broad SMARTS) is 1. The van der Waals surface area contributed by atoms with Crippen molar-refractivity contribution in [3.63, 3.8) is 0 Å². The Labute approximate surface area is 92.2 Å². The van der Waals surface area contributed by atoms with E-state index in [1.54, 1.807) is 6.07 Å². The van der Waals surface area contributed by atoms with E-state index in [9.17, 15) is 4.79 Å². The van der Waals surface area contributed by atoms with Crippen molar-refractivity contribution < 1.29 is 9.90 Å². The van der Waals surface area contributed by atoms with Gasteiger partial charge in [0.2, 0.25) is 0 Å². The number of hydrogen-bond acceptors (Lipinski definition) is 2. The number of aromatic nitrogens is 2. The number of rotatable bonds is 3. The van der Waals surface area contributed by atoms with Gasteiger partial charge in [0.15, 0.2) is 0 Å². The average Bonchev–Trinajstić information content (AvgIpc) is 2.76. The second-order valence-electron chi connectivity index (χ2n) is 3.25. The van der Waals surface area contributed by atoms with E-state index >= 15 is 0 Å². The topological polar surface area (TPSA) is 66.0 Å². The molecule has 0 aliphatic heterocycles. The van der Waals surface area contributed by atoms with Gasteiger partial charge in [-0.05, 0) is 12.1 Å². The molecule has 0 radical (unpaired) electrons. The summed E-state index contributed by atoms with van der Waals surface area (Å²) < 4.78 is 0. The monoisotopic (exact) mass is 214 g/mol. The third-order valence-corrected chi connectivity index (χ3v) is 2.07. The van der Waals surface area contributed by atoms with E-state index in [1.165, 1.54) is 6.08 Å². The molecule has 0 atom stereocenters. The molecule has 0 saturated carbocycles.